The van der Waals surface area contributed by atoms with Gasteiger partial charge in [-0.2, -0.15) is 0 Å². The van der Waals surface area contributed by atoms with E-state index in [4.69, 9.17) is 4.74 Å². The molecular weight excluding hydrogens is 228 g/mol. The third kappa shape index (κ3) is 2.00. The predicted octanol–water partition coefficient (Wildman–Crippen LogP) is 1.34. The van der Waals surface area contributed by atoms with Gasteiger partial charge in [-0.1, -0.05) is 17.3 Å². The van der Waals surface area contributed by atoms with Gasteiger partial charge in [0.2, 0.25) is 0 Å². The zero-order chi connectivity index (χ0) is 12.5. The molecule has 5 nitrogen and oxygen atoms in total. The Bertz CT molecular complexity index is 557. The van der Waals surface area contributed by atoms with E-state index in [2.05, 4.69) is 41.2 Å². The van der Waals surface area contributed by atoms with E-state index in [1.54, 1.807) is 0 Å². The summed E-state index contributed by atoms with van der Waals surface area (Å²) in [5, 5.41) is 8.59. The van der Waals surface area contributed by atoms with Crippen LogP contribution in [0.3, 0.4) is 0 Å². The lowest BCUT2D eigenvalue weighted by Gasteiger charge is -2.26. The molecule has 0 spiro atoms. The maximum atomic E-state index is 5.36. The fourth-order valence-corrected chi connectivity index (χ4v) is 2.41. The highest BCUT2D eigenvalue weighted by Crippen LogP contribution is 2.19. The number of ether oxygens (including phenoxy) is 1. The fourth-order valence-electron chi connectivity index (χ4n) is 2.41. The smallest absolute Gasteiger partial charge is 0.116 e. The number of aromatic nitrogens is 3. The summed E-state index contributed by atoms with van der Waals surface area (Å²) >= 11 is 0. The van der Waals surface area contributed by atoms with Crippen molar-refractivity contribution in [3.8, 4) is 0 Å². The first-order valence-electron chi connectivity index (χ1n) is 6.35. The van der Waals surface area contributed by atoms with Gasteiger partial charge < -0.3 is 4.74 Å². The molecule has 1 aliphatic heterocycles. The van der Waals surface area contributed by atoms with Crippen molar-refractivity contribution in [2.45, 2.75) is 20.5 Å². The van der Waals surface area contributed by atoms with Gasteiger partial charge in [-0.05, 0) is 25.0 Å². The molecule has 0 unspecified atom stereocenters. The highest BCUT2D eigenvalue weighted by Gasteiger charge is 2.14. The van der Waals surface area contributed by atoms with Crippen molar-refractivity contribution in [3.05, 3.63) is 23.3 Å². The Kier molecular flexibility index (Phi) is 3.01. The predicted molar refractivity (Wildman–Crippen MR) is 69.4 cm³/mol. The number of aryl methyl sites for hydroxylation is 2. The van der Waals surface area contributed by atoms with Crippen LogP contribution in [0, 0.1) is 13.8 Å². The molecule has 0 amide bonds. The van der Waals surface area contributed by atoms with Gasteiger partial charge in [-0.3, -0.25) is 4.90 Å². The molecule has 0 bridgehead atoms. The largest absolute Gasteiger partial charge is 0.379 e. The van der Waals surface area contributed by atoms with E-state index in [0.717, 1.165) is 44.0 Å². The van der Waals surface area contributed by atoms with Gasteiger partial charge in [0.25, 0.3) is 0 Å². The Morgan fingerprint density at radius 2 is 1.89 bits per heavy atom. The minimum atomic E-state index is 0.796. The summed E-state index contributed by atoms with van der Waals surface area (Å²) < 4.78 is 7.37. The summed E-state index contributed by atoms with van der Waals surface area (Å²) in [5.41, 5.74) is 4.59. The van der Waals surface area contributed by atoms with Gasteiger partial charge in [0.05, 0.1) is 25.4 Å². The second kappa shape index (κ2) is 4.66. The lowest BCUT2D eigenvalue weighted by Crippen LogP contribution is -2.37. The molecule has 1 saturated heterocycles. The van der Waals surface area contributed by atoms with Crippen LogP contribution < -0.4 is 0 Å². The van der Waals surface area contributed by atoms with E-state index in [-0.39, 0.29) is 0 Å². The zero-order valence-corrected chi connectivity index (χ0v) is 10.9. The second-order valence-corrected chi connectivity index (χ2v) is 4.86. The van der Waals surface area contributed by atoms with Gasteiger partial charge in [-0.15, -0.1) is 5.10 Å². The topological polar surface area (TPSA) is 43.2 Å². The quantitative estimate of drug-likeness (QED) is 0.802. The maximum Gasteiger partial charge on any atom is 0.116 e. The minimum Gasteiger partial charge on any atom is -0.379 e. The van der Waals surface area contributed by atoms with Crippen molar-refractivity contribution in [1.82, 2.24) is 19.9 Å². The average Bonchev–Trinajstić information content (AvgIpc) is 2.80. The molecule has 1 aromatic heterocycles. The third-order valence-electron chi connectivity index (χ3n) is 3.50. The van der Waals surface area contributed by atoms with Crippen LogP contribution in [-0.4, -0.2) is 46.2 Å². The van der Waals surface area contributed by atoms with Crippen LogP contribution in [0.15, 0.2) is 12.1 Å². The zero-order valence-electron chi connectivity index (χ0n) is 10.9. The number of rotatable bonds is 2. The van der Waals surface area contributed by atoms with Gasteiger partial charge >= 0.3 is 0 Å². The van der Waals surface area contributed by atoms with Crippen LogP contribution in [0.2, 0.25) is 0 Å². The van der Waals surface area contributed by atoms with Crippen LogP contribution in [-0.2, 0) is 11.4 Å². The van der Waals surface area contributed by atoms with E-state index < -0.39 is 0 Å². The Balaban J connectivity index is 1.94. The first kappa shape index (κ1) is 11.6. The van der Waals surface area contributed by atoms with Gasteiger partial charge in [-0.25, -0.2) is 4.68 Å². The highest BCUT2D eigenvalue weighted by molar-refractivity contribution is 5.81. The lowest BCUT2D eigenvalue weighted by atomic mass is 10.1. The Labute approximate surface area is 106 Å². The van der Waals surface area contributed by atoms with Crippen LogP contribution in [0.25, 0.3) is 11.0 Å². The van der Waals surface area contributed by atoms with Crippen molar-refractivity contribution in [2.75, 3.05) is 26.3 Å². The molecule has 18 heavy (non-hydrogen) atoms. The molecule has 0 N–H and O–H groups in total. The van der Waals surface area contributed by atoms with Gasteiger partial charge in [0.1, 0.15) is 5.52 Å². The third-order valence-corrected chi connectivity index (χ3v) is 3.50. The van der Waals surface area contributed by atoms with Crippen molar-refractivity contribution in [3.63, 3.8) is 0 Å². The second-order valence-electron chi connectivity index (χ2n) is 4.86. The number of fused-ring (bicyclic) bond motifs is 1. The van der Waals surface area contributed by atoms with E-state index >= 15 is 0 Å². The van der Waals surface area contributed by atoms with E-state index in [9.17, 15) is 0 Å². The first-order valence-corrected chi connectivity index (χ1v) is 6.35. The molecule has 1 fully saturated rings. The Morgan fingerprint density at radius 3 is 2.67 bits per heavy atom. The van der Waals surface area contributed by atoms with E-state index in [1.165, 1.54) is 11.1 Å². The number of hydrogen-bond acceptors (Lipinski definition) is 4. The molecule has 0 aliphatic carbocycles. The minimum absolute atomic E-state index is 0.796. The molecule has 2 heterocycles. The molecule has 0 radical (unpaired) electrons. The highest BCUT2D eigenvalue weighted by atomic mass is 16.5. The van der Waals surface area contributed by atoms with Crippen LogP contribution in [0.5, 0.6) is 0 Å². The SMILES string of the molecule is Cc1ccc(C)c2c1nnn2CN1CCOCC1. The fraction of sp³-hybridized carbons (Fsp3) is 0.538. The molecule has 0 atom stereocenters. The summed E-state index contributed by atoms with van der Waals surface area (Å²) in [6.07, 6.45) is 0. The van der Waals surface area contributed by atoms with Crippen molar-refractivity contribution >= 4 is 11.0 Å². The summed E-state index contributed by atoms with van der Waals surface area (Å²) in [6, 6.07) is 4.24. The Morgan fingerprint density at radius 1 is 1.17 bits per heavy atom. The summed E-state index contributed by atoms with van der Waals surface area (Å²) in [5.74, 6) is 0. The molecule has 2 aromatic rings. The van der Waals surface area contributed by atoms with Crippen molar-refractivity contribution < 1.29 is 4.74 Å². The number of morpholine rings is 1. The first-order chi connectivity index (χ1) is 8.75. The standard InChI is InChI=1S/C13H18N4O/c1-10-3-4-11(2)13-12(10)14-15-17(13)9-16-5-7-18-8-6-16/h3-4H,5-9H2,1-2H3. The molecule has 1 aliphatic rings. The molecule has 0 saturated carbocycles. The van der Waals surface area contributed by atoms with E-state index in [0.29, 0.717) is 0 Å². The molecular formula is C13H18N4O. The average molecular weight is 246 g/mol. The summed E-state index contributed by atoms with van der Waals surface area (Å²) in [4.78, 5) is 2.35. The number of hydrogen-bond donors (Lipinski definition) is 0. The lowest BCUT2D eigenvalue weighted by molar-refractivity contribution is 0.0218. The summed E-state index contributed by atoms with van der Waals surface area (Å²) in [6.45, 7) is 8.54. The van der Waals surface area contributed by atoms with Crippen LogP contribution >= 0.6 is 0 Å². The Hall–Kier alpha value is -1.46. The molecule has 3 rings (SSSR count). The molecule has 96 valence electrons. The molecule has 5 heteroatoms. The van der Waals surface area contributed by atoms with E-state index in [1.807, 2.05) is 4.68 Å². The van der Waals surface area contributed by atoms with Crippen LogP contribution in [0.4, 0.5) is 0 Å². The van der Waals surface area contributed by atoms with Crippen molar-refractivity contribution in [1.29, 1.82) is 0 Å². The maximum absolute atomic E-state index is 5.36. The van der Waals surface area contributed by atoms with Gasteiger partial charge in [0, 0.05) is 13.1 Å². The van der Waals surface area contributed by atoms with Gasteiger partial charge in [0.15, 0.2) is 0 Å². The number of benzene rings is 1. The molecule has 1 aromatic carbocycles. The normalized spacial score (nSPS) is 17.4. The van der Waals surface area contributed by atoms with Crippen molar-refractivity contribution in [2.24, 2.45) is 0 Å². The number of nitrogens with zero attached hydrogens (tertiary/aromatic N) is 4. The monoisotopic (exact) mass is 246 g/mol. The summed E-state index contributed by atoms with van der Waals surface area (Å²) in [7, 11) is 0. The van der Waals surface area contributed by atoms with Crippen LogP contribution in [0.1, 0.15) is 11.1 Å².